The molecule has 2 unspecified atom stereocenters. The van der Waals surface area contributed by atoms with E-state index in [0.717, 1.165) is 30.3 Å². The molecule has 5 heteroatoms. The highest BCUT2D eigenvalue weighted by Gasteiger charge is 2.38. The minimum atomic E-state index is 0. The largest absolute Gasteiger partial charge is 0.455 e. The number of hydrogen-bond donors (Lipinski definition) is 2. The number of nitrogens with zero attached hydrogens (tertiary/aromatic N) is 1. The van der Waals surface area contributed by atoms with Crippen molar-refractivity contribution in [2.45, 2.75) is 12.3 Å². The molecule has 0 saturated carbocycles. The first-order valence-electron chi connectivity index (χ1n) is 7.60. The molecule has 4 nitrogen and oxygen atoms in total. The molecular weight excluding hydrogens is 310 g/mol. The molecule has 1 saturated heterocycles. The minimum Gasteiger partial charge on any atom is -0.455 e. The van der Waals surface area contributed by atoms with Gasteiger partial charge in [0.25, 0.3) is 0 Å². The van der Waals surface area contributed by atoms with E-state index in [9.17, 15) is 0 Å². The molecule has 0 amide bonds. The summed E-state index contributed by atoms with van der Waals surface area (Å²) in [7, 11) is 0. The smallest absolute Gasteiger partial charge is 0.150 e. The number of para-hydroxylation sites is 3. The number of anilines is 1. The number of fused-ring (bicyclic) bond motifs is 5. The minimum absolute atomic E-state index is 0. The molecule has 2 atom stereocenters. The van der Waals surface area contributed by atoms with Gasteiger partial charge >= 0.3 is 0 Å². The van der Waals surface area contributed by atoms with E-state index < -0.39 is 0 Å². The second-order valence-electron chi connectivity index (χ2n) is 5.54. The lowest BCUT2D eigenvalue weighted by Gasteiger charge is -2.30. The Labute approximate surface area is 142 Å². The molecule has 0 bridgehead atoms. The number of halogens is 1. The number of hydrogen-bond acceptors (Lipinski definition) is 4. The van der Waals surface area contributed by atoms with Crippen molar-refractivity contribution in [3.63, 3.8) is 0 Å². The maximum absolute atomic E-state index is 6.17. The van der Waals surface area contributed by atoms with Crippen LogP contribution in [-0.4, -0.2) is 19.4 Å². The molecule has 0 spiro atoms. The van der Waals surface area contributed by atoms with Crippen LogP contribution >= 0.6 is 12.4 Å². The summed E-state index contributed by atoms with van der Waals surface area (Å²) in [5.74, 6) is 1.83. The fourth-order valence-corrected chi connectivity index (χ4v) is 3.26. The molecule has 23 heavy (non-hydrogen) atoms. The van der Waals surface area contributed by atoms with E-state index in [1.807, 2.05) is 30.3 Å². The average Bonchev–Trinajstić information content (AvgIpc) is 2.91. The van der Waals surface area contributed by atoms with Crippen LogP contribution in [-0.2, 0) is 0 Å². The van der Waals surface area contributed by atoms with Crippen molar-refractivity contribution < 1.29 is 4.74 Å². The highest BCUT2D eigenvalue weighted by Crippen LogP contribution is 2.45. The SMILES string of the molecule is C=CCNC1NCC2c3ccccc3Oc3ccccc3N12.Cl. The topological polar surface area (TPSA) is 36.5 Å². The molecular formula is C18H20ClN3O. The van der Waals surface area contributed by atoms with Crippen LogP contribution in [0.1, 0.15) is 11.6 Å². The van der Waals surface area contributed by atoms with Crippen LogP contribution in [0.2, 0.25) is 0 Å². The van der Waals surface area contributed by atoms with Crippen molar-refractivity contribution in [3.05, 3.63) is 66.7 Å². The summed E-state index contributed by atoms with van der Waals surface area (Å²) in [6.07, 6.45) is 1.95. The van der Waals surface area contributed by atoms with Gasteiger partial charge in [0.2, 0.25) is 0 Å². The van der Waals surface area contributed by atoms with Crippen molar-refractivity contribution in [2.24, 2.45) is 0 Å². The third-order valence-electron chi connectivity index (χ3n) is 4.22. The lowest BCUT2D eigenvalue weighted by molar-refractivity contribution is 0.475. The van der Waals surface area contributed by atoms with Gasteiger partial charge in [0.05, 0.1) is 11.7 Å². The zero-order valence-electron chi connectivity index (χ0n) is 12.7. The summed E-state index contributed by atoms with van der Waals surface area (Å²) in [5, 5.41) is 7.03. The fraction of sp³-hybridized carbons (Fsp3) is 0.222. The number of ether oxygens (including phenoxy) is 1. The normalized spacial score (nSPS) is 21.1. The molecule has 4 rings (SSSR count). The van der Waals surface area contributed by atoms with Crippen LogP contribution < -0.4 is 20.3 Å². The van der Waals surface area contributed by atoms with Gasteiger partial charge in [0, 0.05) is 18.7 Å². The highest BCUT2D eigenvalue weighted by molar-refractivity contribution is 5.85. The van der Waals surface area contributed by atoms with E-state index in [2.05, 4.69) is 46.4 Å². The van der Waals surface area contributed by atoms with Gasteiger partial charge in [0.15, 0.2) is 5.75 Å². The lowest BCUT2D eigenvalue weighted by Crippen LogP contribution is -2.48. The molecule has 2 aromatic carbocycles. The Morgan fingerprint density at radius 3 is 2.74 bits per heavy atom. The standard InChI is InChI=1S/C18H19N3O.ClH/c1-2-11-19-18-20-12-15-13-7-3-5-9-16(13)22-17-10-6-4-8-14(17)21(15)18;/h2-10,15,18-20H,1,11-12H2;1H. The van der Waals surface area contributed by atoms with Crippen LogP contribution in [0.25, 0.3) is 0 Å². The quantitative estimate of drug-likeness (QED) is 0.846. The molecule has 0 aromatic heterocycles. The van der Waals surface area contributed by atoms with E-state index in [4.69, 9.17) is 4.74 Å². The molecule has 120 valence electrons. The first kappa shape index (κ1) is 15.9. The zero-order chi connectivity index (χ0) is 14.9. The van der Waals surface area contributed by atoms with Gasteiger partial charge < -0.3 is 9.64 Å². The maximum atomic E-state index is 6.17. The summed E-state index contributed by atoms with van der Waals surface area (Å²) >= 11 is 0. The van der Waals surface area contributed by atoms with Crippen molar-refractivity contribution in [3.8, 4) is 11.5 Å². The van der Waals surface area contributed by atoms with Gasteiger partial charge in [-0.1, -0.05) is 36.4 Å². The first-order valence-corrected chi connectivity index (χ1v) is 7.60. The number of benzene rings is 2. The zero-order valence-corrected chi connectivity index (χ0v) is 13.6. The van der Waals surface area contributed by atoms with Gasteiger partial charge in [0.1, 0.15) is 12.0 Å². The molecule has 2 aromatic rings. The molecule has 0 radical (unpaired) electrons. The van der Waals surface area contributed by atoms with Crippen molar-refractivity contribution in [1.29, 1.82) is 0 Å². The van der Waals surface area contributed by atoms with Gasteiger partial charge in [-0.05, 0) is 18.2 Å². The Morgan fingerprint density at radius 2 is 1.91 bits per heavy atom. The Hall–Kier alpha value is -2.01. The van der Waals surface area contributed by atoms with Crippen LogP contribution in [0.3, 0.4) is 0 Å². The first-order chi connectivity index (χ1) is 10.9. The predicted molar refractivity (Wildman–Crippen MR) is 95.4 cm³/mol. The number of nitrogens with one attached hydrogen (secondary N) is 2. The monoisotopic (exact) mass is 329 g/mol. The van der Waals surface area contributed by atoms with Crippen LogP contribution in [0, 0.1) is 0 Å². The van der Waals surface area contributed by atoms with Crippen LogP contribution in [0.15, 0.2) is 61.2 Å². The van der Waals surface area contributed by atoms with Crippen LogP contribution in [0.4, 0.5) is 5.69 Å². The van der Waals surface area contributed by atoms with Gasteiger partial charge in [-0.2, -0.15) is 0 Å². The summed E-state index contributed by atoms with van der Waals surface area (Å²) in [6, 6.07) is 16.7. The molecule has 2 N–H and O–H groups in total. The lowest BCUT2D eigenvalue weighted by atomic mass is 10.1. The summed E-state index contributed by atoms with van der Waals surface area (Å²) in [5.41, 5.74) is 2.32. The average molecular weight is 330 g/mol. The Balaban J connectivity index is 0.00000156. The van der Waals surface area contributed by atoms with E-state index in [0.29, 0.717) is 0 Å². The third kappa shape index (κ3) is 2.70. The Bertz CT molecular complexity index is 706. The van der Waals surface area contributed by atoms with Crippen molar-refractivity contribution in [2.75, 3.05) is 18.0 Å². The maximum Gasteiger partial charge on any atom is 0.150 e. The van der Waals surface area contributed by atoms with E-state index >= 15 is 0 Å². The molecule has 2 aliphatic rings. The predicted octanol–water partition coefficient (Wildman–Crippen LogP) is 3.42. The second kappa shape index (κ2) is 6.62. The van der Waals surface area contributed by atoms with Gasteiger partial charge in [-0.3, -0.25) is 10.6 Å². The summed E-state index contributed by atoms with van der Waals surface area (Å²) < 4.78 is 6.17. The molecule has 2 aliphatic heterocycles. The van der Waals surface area contributed by atoms with Crippen molar-refractivity contribution >= 4 is 18.1 Å². The molecule has 2 heterocycles. The number of rotatable bonds is 3. The van der Waals surface area contributed by atoms with E-state index in [1.165, 1.54) is 5.56 Å². The highest BCUT2D eigenvalue weighted by atomic mass is 35.5. The molecule has 0 aliphatic carbocycles. The fourth-order valence-electron chi connectivity index (χ4n) is 3.26. The van der Waals surface area contributed by atoms with E-state index in [1.54, 1.807) is 0 Å². The van der Waals surface area contributed by atoms with Gasteiger partial charge in [-0.15, -0.1) is 19.0 Å². The van der Waals surface area contributed by atoms with Crippen molar-refractivity contribution in [1.82, 2.24) is 10.6 Å². The second-order valence-corrected chi connectivity index (χ2v) is 5.54. The molecule has 1 fully saturated rings. The Kier molecular flexibility index (Phi) is 4.57. The van der Waals surface area contributed by atoms with Gasteiger partial charge in [-0.25, -0.2) is 0 Å². The van der Waals surface area contributed by atoms with E-state index in [-0.39, 0.29) is 24.7 Å². The van der Waals surface area contributed by atoms with Crippen LogP contribution in [0.5, 0.6) is 11.5 Å². The summed E-state index contributed by atoms with van der Waals surface area (Å²) in [6.45, 7) is 5.42. The summed E-state index contributed by atoms with van der Waals surface area (Å²) in [4.78, 5) is 2.37. The Morgan fingerprint density at radius 1 is 1.17 bits per heavy atom. The third-order valence-corrected chi connectivity index (χ3v) is 4.22.